The molecule has 1 atom stereocenters. The van der Waals surface area contributed by atoms with E-state index in [1.165, 1.54) is 17.2 Å². The van der Waals surface area contributed by atoms with Gasteiger partial charge in [-0.15, -0.1) is 0 Å². The minimum atomic E-state index is -0.173. The Morgan fingerprint density at radius 3 is 2.95 bits per heavy atom. The standard InChI is InChI=1S/C13H17N5O2/c1-10(3-2-6-19)17-13(20)11-4-5-12(15-7-11)18-9-14-8-16-18/h4-5,7-10,19H,2-3,6H2,1H3,(H,17,20). The Bertz CT molecular complexity index is 538. The van der Waals surface area contributed by atoms with Crippen molar-refractivity contribution < 1.29 is 9.90 Å². The molecule has 1 unspecified atom stereocenters. The minimum absolute atomic E-state index is 0.0182. The average molecular weight is 275 g/mol. The van der Waals surface area contributed by atoms with Crippen molar-refractivity contribution >= 4 is 5.91 Å². The zero-order valence-corrected chi connectivity index (χ0v) is 11.2. The molecule has 0 aliphatic carbocycles. The third-order valence-electron chi connectivity index (χ3n) is 2.84. The molecule has 0 fully saturated rings. The number of nitrogens with zero attached hydrogens (tertiary/aromatic N) is 4. The summed E-state index contributed by atoms with van der Waals surface area (Å²) in [4.78, 5) is 20.0. The highest BCUT2D eigenvalue weighted by Crippen LogP contribution is 2.05. The van der Waals surface area contributed by atoms with Crippen molar-refractivity contribution in [3.05, 3.63) is 36.5 Å². The second kappa shape index (κ2) is 6.76. The summed E-state index contributed by atoms with van der Waals surface area (Å²) in [6, 6.07) is 3.42. The molecule has 20 heavy (non-hydrogen) atoms. The van der Waals surface area contributed by atoms with Gasteiger partial charge in [-0.3, -0.25) is 4.79 Å². The van der Waals surface area contributed by atoms with E-state index in [1.54, 1.807) is 18.5 Å². The van der Waals surface area contributed by atoms with E-state index in [0.29, 0.717) is 17.8 Å². The molecule has 2 heterocycles. The van der Waals surface area contributed by atoms with Crippen molar-refractivity contribution in [2.24, 2.45) is 0 Å². The van der Waals surface area contributed by atoms with Crippen LogP contribution in [0.4, 0.5) is 0 Å². The Morgan fingerprint density at radius 1 is 1.50 bits per heavy atom. The molecule has 2 aromatic heterocycles. The summed E-state index contributed by atoms with van der Waals surface area (Å²) in [5, 5.41) is 15.6. The van der Waals surface area contributed by atoms with Crippen molar-refractivity contribution in [2.75, 3.05) is 6.61 Å². The lowest BCUT2D eigenvalue weighted by atomic mass is 10.1. The second-order valence-electron chi connectivity index (χ2n) is 4.49. The topological polar surface area (TPSA) is 92.9 Å². The maximum Gasteiger partial charge on any atom is 0.253 e. The van der Waals surface area contributed by atoms with E-state index < -0.39 is 0 Å². The fourth-order valence-electron chi connectivity index (χ4n) is 1.76. The fraction of sp³-hybridized carbons (Fsp3) is 0.385. The number of carbonyl (C=O) groups excluding carboxylic acids is 1. The molecule has 0 spiro atoms. The van der Waals surface area contributed by atoms with E-state index in [2.05, 4.69) is 20.4 Å². The zero-order chi connectivity index (χ0) is 14.4. The molecule has 0 aliphatic heterocycles. The summed E-state index contributed by atoms with van der Waals surface area (Å²) in [6.45, 7) is 2.04. The molecular weight excluding hydrogens is 258 g/mol. The lowest BCUT2D eigenvalue weighted by molar-refractivity contribution is 0.0936. The van der Waals surface area contributed by atoms with Crippen LogP contribution >= 0.6 is 0 Å². The van der Waals surface area contributed by atoms with E-state index in [4.69, 9.17) is 5.11 Å². The van der Waals surface area contributed by atoms with E-state index >= 15 is 0 Å². The first-order chi connectivity index (χ1) is 9.70. The number of pyridine rings is 1. The largest absolute Gasteiger partial charge is 0.396 e. The van der Waals surface area contributed by atoms with Gasteiger partial charge in [0.05, 0.1) is 5.56 Å². The van der Waals surface area contributed by atoms with Crippen molar-refractivity contribution in [3.8, 4) is 5.82 Å². The van der Waals surface area contributed by atoms with Gasteiger partial charge in [-0.2, -0.15) is 5.10 Å². The maximum atomic E-state index is 12.0. The van der Waals surface area contributed by atoms with Gasteiger partial charge in [-0.05, 0) is 31.9 Å². The number of aliphatic hydroxyl groups excluding tert-OH is 1. The molecule has 2 rings (SSSR count). The van der Waals surface area contributed by atoms with Crippen LogP contribution in [-0.2, 0) is 0 Å². The van der Waals surface area contributed by atoms with Gasteiger partial charge in [0, 0.05) is 18.8 Å². The Labute approximate surface area is 116 Å². The van der Waals surface area contributed by atoms with Gasteiger partial charge < -0.3 is 10.4 Å². The van der Waals surface area contributed by atoms with E-state index in [0.717, 1.165) is 6.42 Å². The maximum absolute atomic E-state index is 12.0. The molecule has 2 aromatic rings. The number of aliphatic hydroxyl groups is 1. The Morgan fingerprint density at radius 2 is 2.35 bits per heavy atom. The molecule has 1 amide bonds. The van der Waals surface area contributed by atoms with Crippen LogP contribution in [0.1, 0.15) is 30.1 Å². The molecule has 7 heteroatoms. The molecule has 0 bridgehead atoms. The van der Waals surface area contributed by atoms with Crippen LogP contribution < -0.4 is 5.32 Å². The molecule has 2 N–H and O–H groups in total. The highest BCUT2D eigenvalue weighted by molar-refractivity contribution is 5.94. The highest BCUT2D eigenvalue weighted by atomic mass is 16.3. The number of rotatable bonds is 6. The SMILES string of the molecule is CC(CCCO)NC(=O)c1ccc(-n2cncn2)nc1. The zero-order valence-electron chi connectivity index (χ0n) is 11.2. The number of hydrogen-bond donors (Lipinski definition) is 2. The van der Waals surface area contributed by atoms with Crippen LogP contribution in [-0.4, -0.2) is 43.4 Å². The quantitative estimate of drug-likeness (QED) is 0.803. The van der Waals surface area contributed by atoms with Gasteiger partial charge in [0.25, 0.3) is 5.91 Å². The molecular formula is C13H17N5O2. The van der Waals surface area contributed by atoms with Gasteiger partial charge in [0.1, 0.15) is 12.7 Å². The van der Waals surface area contributed by atoms with Gasteiger partial charge in [-0.1, -0.05) is 0 Å². The number of carbonyl (C=O) groups is 1. The monoisotopic (exact) mass is 275 g/mol. The molecule has 7 nitrogen and oxygen atoms in total. The molecule has 0 saturated carbocycles. The lowest BCUT2D eigenvalue weighted by Crippen LogP contribution is -2.32. The molecule has 0 aromatic carbocycles. The van der Waals surface area contributed by atoms with Crippen molar-refractivity contribution in [1.82, 2.24) is 25.1 Å². The minimum Gasteiger partial charge on any atom is -0.396 e. The van der Waals surface area contributed by atoms with Crippen LogP contribution in [0, 0.1) is 0 Å². The fourth-order valence-corrected chi connectivity index (χ4v) is 1.76. The van der Waals surface area contributed by atoms with E-state index in [1.807, 2.05) is 6.92 Å². The van der Waals surface area contributed by atoms with Crippen molar-refractivity contribution in [2.45, 2.75) is 25.8 Å². The first kappa shape index (κ1) is 14.1. The third-order valence-corrected chi connectivity index (χ3v) is 2.84. The summed E-state index contributed by atoms with van der Waals surface area (Å²) in [7, 11) is 0. The van der Waals surface area contributed by atoms with Gasteiger partial charge in [-0.25, -0.2) is 14.6 Å². The van der Waals surface area contributed by atoms with Gasteiger partial charge in [0.15, 0.2) is 5.82 Å². The first-order valence-corrected chi connectivity index (χ1v) is 6.43. The number of nitrogens with one attached hydrogen (secondary N) is 1. The first-order valence-electron chi connectivity index (χ1n) is 6.43. The summed E-state index contributed by atoms with van der Waals surface area (Å²) in [5.74, 6) is 0.431. The Kier molecular flexibility index (Phi) is 4.78. The Balaban J connectivity index is 1.97. The smallest absolute Gasteiger partial charge is 0.253 e. The summed E-state index contributed by atoms with van der Waals surface area (Å²) >= 11 is 0. The molecule has 0 radical (unpaired) electrons. The summed E-state index contributed by atoms with van der Waals surface area (Å²) < 4.78 is 1.52. The van der Waals surface area contributed by atoms with Crippen LogP contribution in [0.2, 0.25) is 0 Å². The third kappa shape index (κ3) is 3.61. The predicted octanol–water partition coefficient (Wildman–Crippen LogP) is 0.553. The summed E-state index contributed by atoms with van der Waals surface area (Å²) in [5.41, 5.74) is 0.490. The normalized spacial score (nSPS) is 12.1. The molecule has 0 saturated heterocycles. The second-order valence-corrected chi connectivity index (χ2v) is 4.49. The van der Waals surface area contributed by atoms with Gasteiger partial charge >= 0.3 is 0 Å². The summed E-state index contributed by atoms with van der Waals surface area (Å²) in [6.07, 6.45) is 5.88. The van der Waals surface area contributed by atoms with Crippen LogP contribution in [0.15, 0.2) is 31.0 Å². The number of aromatic nitrogens is 4. The predicted molar refractivity (Wildman–Crippen MR) is 72.4 cm³/mol. The highest BCUT2D eigenvalue weighted by Gasteiger charge is 2.10. The number of amides is 1. The van der Waals surface area contributed by atoms with Crippen LogP contribution in [0.3, 0.4) is 0 Å². The van der Waals surface area contributed by atoms with Crippen molar-refractivity contribution in [3.63, 3.8) is 0 Å². The lowest BCUT2D eigenvalue weighted by Gasteiger charge is -2.13. The number of hydrogen-bond acceptors (Lipinski definition) is 5. The average Bonchev–Trinajstić information content (AvgIpc) is 2.99. The molecule has 0 aliphatic rings. The van der Waals surface area contributed by atoms with Gasteiger partial charge in [0.2, 0.25) is 0 Å². The van der Waals surface area contributed by atoms with Crippen molar-refractivity contribution in [1.29, 1.82) is 0 Å². The Hall–Kier alpha value is -2.28. The van der Waals surface area contributed by atoms with Crippen LogP contribution in [0.5, 0.6) is 0 Å². The van der Waals surface area contributed by atoms with E-state index in [-0.39, 0.29) is 18.6 Å². The van der Waals surface area contributed by atoms with Crippen LogP contribution in [0.25, 0.3) is 5.82 Å². The van der Waals surface area contributed by atoms with E-state index in [9.17, 15) is 4.79 Å². The molecule has 106 valence electrons.